The lowest BCUT2D eigenvalue weighted by atomic mass is 10.2. The number of amides is 1. The van der Waals surface area contributed by atoms with Crippen LogP contribution in [0.3, 0.4) is 0 Å². The molecule has 3 rings (SSSR count). The number of aromatic hydroxyl groups is 2. The van der Waals surface area contributed by atoms with Gasteiger partial charge < -0.3 is 10.2 Å². The molecule has 5 N–H and O–H groups in total. The van der Waals surface area contributed by atoms with E-state index in [1.54, 1.807) is 6.07 Å². The van der Waals surface area contributed by atoms with E-state index < -0.39 is 0 Å². The van der Waals surface area contributed by atoms with Crippen LogP contribution in [0.25, 0.3) is 11.0 Å². The zero-order valence-corrected chi connectivity index (χ0v) is 13.3. The number of nitrogens with one attached hydrogen (secondary N) is 3. The number of hydrogen-bond acceptors (Lipinski definition) is 5. The number of carbonyl (C=O) groups excluding carboxylic acids is 1. The minimum atomic E-state index is -0.258. The van der Waals surface area contributed by atoms with Crippen molar-refractivity contribution in [1.82, 2.24) is 10.4 Å². The summed E-state index contributed by atoms with van der Waals surface area (Å²) in [7, 11) is 0. The number of benzene rings is 2. The number of phenols is 2. The Hall–Kier alpha value is -3.00. The maximum atomic E-state index is 11.8. The van der Waals surface area contributed by atoms with Gasteiger partial charge >= 0.3 is 5.16 Å². The summed E-state index contributed by atoms with van der Waals surface area (Å²) in [4.78, 5) is 18.1. The van der Waals surface area contributed by atoms with Crippen LogP contribution >= 0.6 is 11.8 Å². The van der Waals surface area contributed by atoms with Crippen molar-refractivity contribution in [2.75, 3.05) is 5.75 Å². The van der Waals surface area contributed by atoms with Crippen LogP contribution in [-0.4, -0.2) is 33.1 Å². The summed E-state index contributed by atoms with van der Waals surface area (Å²) < 4.78 is 0. The maximum Gasteiger partial charge on any atom is 0.315 e. The lowest BCUT2D eigenvalue weighted by molar-refractivity contribution is -0.396. The summed E-state index contributed by atoms with van der Waals surface area (Å²) in [5.74, 6) is -0.509. The molecule has 7 nitrogen and oxygen atoms in total. The second-order valence-corrected chi connectivity index (χ2v) is 5.94. The third kappa shape index (κ3) is 3.85. The summed E-state index contributed by atoms with van der Waals surface area (Å²) in [5, 5.41) is 23.2. The van der Waals surface area contributed by atoms with Crippen molar-refractivity contribution >= 4 is 34.9 Å². The van der Waals surface area contributed by atoms with E-state index in [9.17, 15) is 15.0 Å². The van der Waals surface area contributed by atoms with E-state index in [0.29, 0.717) is 5.56 Å². The molecule has 122 valence electrons. The number of hydrazone groups is 1. The molecule has 0 spiro atoms. The average Bonchev–Trinajstić information content (AvgIpc) is 2.99. The number of imidazole rings is 1. The normalized spacial score (nSPS) is 11.2. The third-order valence-electron chi connectivity index (χ3n) is 3.17. The fourth-order valence-corrected chi connectivity index (χ4v) is 2.72. The number of carbonyl (C=O) groups is 1. The molecule has 0 radical (unpaired) electrons. The third-order valence-corrected chi connectivity index (χ3v) is 4.07. The van der Waals surface area contributed by atoms with Gasteiger partial charge in [-0.25, -0.2) is 15.4 Å². The van der Waals surface area contributed by atoms with E-state index in [0.717, 1.165) is 16.2 Å². The van der Waals surface area contributed by atoms with Gasteiger partial charge in [0.2, 0.25) is 0 Å². The van der Waals surface area contributed by atoms with Gasteiger partial charge in [-0.15, -0.1) is 0 Å². The predicted octanol–water partition coefficient (Wildman–Crippen LogP) is 1.64. The minimum Gasteiger partial charge on any atom is -0.504 e. The van der Waals surface area contributed by atoms with E-state index in [4.69, 9.17) is 0 Å². The number of thioether (sulfide) groups is 1. The minimum absolute atomic E-state index is 0.196. The van der Waals surface area contributed by atoms with Crippen molar-refractivity contribution in [1.29, 1.82) is 0 Å². The first kappa shape index (κ1) is 15.9. The number of fused-ring (bicyclic) bond motifs is 1. The fourth-order valence-electron chi connectivity index (χ4n) is 2.02. The fraction of sp³-hybridized carbons (Fsp3) is 0.0625. The molecule has 0 aliphatic carbocycles. The Labute approximate surface area is 141 Å². The van der Waals surface area contributed by atoms with E-state index >= 15 is 0 Å². The first-order valence-corrected chi connectivity index (χ1v) is 8.07. The molecule has 1 aromatic heterocycles. The molecule has 8 heteroatoms. The van der Waals surface area contributed by atoms with Crippen LogP contribution in [-0.2, 0) is 4.79 Å². The van der Waals surface area contributed by atoms with Gasteiger partial charge in [0, 0.05) is 0 Å². The van der Waals surface area contributed by atoms with Crippen molar-refractivity contribution < 1.29 is 20.0 Å². The quantitative estimate of drug-likeness (QED) is 0.244. The van der Waals surface area contributed by atoms with Gasteiger partial charge in [0.25, 0.3) is 5.91 Å². The highest BCUT2D eigenvalue weighted by atomic mass is 32.2. The van der Waals surface area contributed by atoms with Crippen molar-refractivity contribution in [3.63, 3.8) is 0 Å². The van der Waals surface area contributed by atoms with Gasteiger partial charge in [-0.05, 0) is 47.7 Å². The van der Waals surface area contributed by atoms with Gasteiger partial charge in [0.05, 0.1) is 12.0 Å². The molecule has 0 aliphatic heterocycles. The Kier molecular flexibility index (Phi) is 4.66. The molecule has 0 unspecified atom stereocenters. The summed E-state index contributed by atoms with van der Waals surface area (Å²) in [6.07, 6.45) is 1.39. The molecule has 2 aromatic carbocycles. The monoisotopic (exact) mass is 343 g/mol. The van der Waals surface area contributed by atoms with Crippen LogP contribution < -0.4 is 10.4 Å². The van der Waals surface area contributed by atoms with Gasteiger partial charge in [0.15, 0.2) is 22.5 Å². The Balaban J connectivity index is 1.51. The smallest absolute Gasteiger partial charge is 0.315 e. The zero-order chi connectivity index (χ0) is 16.9. The number of hydrogen-bond donors (Lipinski definition) is 4. The van der Waals surface area contributed by atoms with E-state index in [1.165, 1.54) is 30.1 Å². The lowest BCUT2D eigenvalue weighted by Crippen LogP contribution is -2.20. The Morgan fingerprint density at radius 1 is 1.25 bits per heavy atom. The maximum absolute atomic E-state index is 11.8. The van der Waals surface area contributed by atoms with Crippen molar-refractivity contribution in [3.05, 3.63) is 48.0 Å². The highest BCUT2D eigenvalue weighted by Crippen LogP contribution is 2.23. The summed E-state index contributed by atoms with van der Waals surface area (Å²) in [6.45, 7) is 0. The van der Waals surface area contributed by atoms with Crippen LogP contribution in [0, 0.1) is 0 Å². The number of aromatic nitrogens is 2. The molecule has 0 saturated heterocycles. The second-order valence-electron chi connectivity index (χ2n) is 4.95. The SMILES string of the molecule is O=C(CSc1[nH]c2ccccc2[nH+]1)NN=Cc1ccc(O)c(O)c1. The molecule has 0 aliphatic rings. The molecule has 3 aromatic rings. The number of rotatable bonds is 5. The van der Waals surface area contributed by atoms with Crippen LogP contribution in [0.2, 0.25) is 0 Å². The number of H-pyrrole nitrogens is 2. The molecular weight excluding hydrogens is 328 g/mol. The number of phenolic OH excluding ortho intramolecular Hbond substituents is 2. The molecule has 0 saturated carbocycles. The topological polar surface area (TPSA) is 112 Å². The molecule has 1 heterocycles. The second kappa shape index (κ2) is 7.05. The zero-order valence-electron chi connectivity index (χ0n) is 12.5. The van der Waals surface area contributed by atoms with Crippen LogP contribution in [0.5, 0.6) is 11.5 Å². The summed E-state index contributed by atoms with van der Waals surface area (Å²) >= 11 is 1.33. The highest BCUT2D eigenvalue weighted by Gasteiger charge is 2.11. The largest absolute Gasteiger partial charge is 0.504 e. The Morgan fingerprint density at radius 3 is 2.88 bits per heavy atom. The Bertz CT molecular complexity index is 874. The summed E-state index contributed by atoms with van der Waals surface area (Å²) in [6, 6.07) is 12.0. The number of aromatic amines is 2. The van der Waals surface area contributed by atoms with E-state index in [2.05, 4.69) is 20.5 Å². The average molecular weight is 343 g/mol. The molecule has 24 heavy (non-hydrogen) atoms. The standard InChI is InChI=1S/C16H14N4O3S/c21-13-6-5-10(7-14(13)22)8-17-20-15(23)9-24-16-18-11-3-1-2-4-12(11)19-16/h1-8,21-22H,9H2,(H,18,19)(H,20,23)/p+1. The van der Waals surface area contributed by atoms with Crippen molar-refractivity contribution in [3.8, 4) is 11.5 Å². The first-order valence-electron chi connectivity index (χ1n) is 7.08. The van der Waals surface area contributed by atoms with Crippen LogP contribution in [0.1, 0.15) is 5.56 Å². The molecule has 0 bridgehead atoms. The van der Waals surface area contributed by atoms with Crippen LogP contribution in [0.4, 0.5) is 0 Å². The lowest BCUT2D eigenvalue weighted by Gasteiger charge is -1.99. The van der Waals surface area contributed by atoms with E-state index in [-0.39, 0.29) is 23.2 Å². The number of para-hydroxylation sites is 2. The van der Waals surface area contributed by atoms with Gasteiger partial charge in [-0.3, -0.25) is 4.79 Å². The van der Waals surface area contributed by atoms with Gasteiger partial charge in [0.1, 0.15) is 0 Å². The van der Waals surface area contributed by atoms with Crippen molar-refractivity contribution in [2.24, 2.45) is 5.10 Å². The van der Waals surface area contributed by atoms with Gasteiger partial charge in [-0.1, -0.05) is 12.1 Å². The first-order chi connectivity index (χ1) is 11.6. The predicted molar refractivity (Wildman–Crippen MR) is 91.1 cm³/mol. The molecule has 0 atom stereocenters. The summed E-state index contributed by atoms with van der Waals surface area (Å²) in [5.41, 5.74) is 4.92. The molecule has 0 fully saturated rings. The molecular formula is C16H15N4O3S+. The van der Waals surface area contributed by atoms with Crippen LogP contribution in [0.15, 0.2) is 52.7 Å². The van der Waals surface area contributed by atoms with Crippen molar-refractivity contribution in [2.45, 2.75) is 5.16 Å². The van der Waals surface area contributed by atoms with Gasteiger partial charge in [-0.2, -0.15) is 5.10 Å². The number of nitrogens with zero attached hydrogens (tertiary/aromatic N) is 1. The molecule has 1 amide bonds. The van der Waals surface area contributed by atoms with E-state index in [1.807, 2.05) is 24.3 Å². The Morgan fingerprint density at radius 2 is 2.08 bits per heavy atom. The highest BCUT2D eigenvalue weighted by molar-refractivity contribution is 7.99.